The summed E-state index contributed by atoms with van der Waals surface area (Å²) in [6, 6.07) is 20.4. The fourth-order valence-corrected chi connectivity index (χ4v) is 3.01. The Balaban J connectivity index is 1.66. The first-order valence-electron chi connectivity index (χ1n) is 8.64. The molecule has 4 nitrogen and oxygen atoms in total. The quantitative estimate of drug-likeness (QED) is 0.507. The molecule has 0 saturated carbocycles. The fraction of sp³-hybridized carbons (Fsp3) is 0.136. The molecular weight excluding hydrogens is 324 g/mol. The van der Waals surface area contributed by atoms with Crippen LogP contribution in [0.4, 0.5) is 0 Å². The summed E-state index contributed by atoms with van der Waals surface area (Å²) in [4.78, 5) is 4.75. The van der Waals surface area contributed by atoms with Crippen molar-refractivity contribution in [3.05, 3.63) is 73.1 Å². The van der Waals surface area contributed by atoms with Gasteiger partial charge in [-0.3, -0.25) is 0 Å². The normalized spacial score (nSPS) is 10.8. The molecule has 0 aliphatic rings. The van der Waals surface area contributed by atoms with E-state index in [1.54, 1.807) is 7.11 Å². The van der Waals surface area contributed by atoms with Crippen LogP contribution in [0.2, 0.25) is 0 Å². The van der Waals surface area contributed by atoms with Gasteiger partial charge in [0.2, 0.25) is 0 Å². The van der Waals surface area contributed by atoms with Crippen molar-refractivity contribution in [3.63, 3.8) is 0 Å². The first kappa shape index (κ1) is 16.2. The lowest BCUT2D eigenvalue weighted by atomic mass is 10.0. The average molecular weight is 344 g/mol. The first-order chi connectivity index (χ1) is 12.8. The maximum atomic E-state index is 5.67. The van der Waals surface area contributed by atoms with Crippen molar-refractivity contribution in [2.24, 2.45) is 0 Å². The molecule has 0 amide bonds. The lowest BCUT2D eigenvalue weighted by Gasteiger charge is -2.05. The van der Waals surface area contributed by atoms with Gasteiger partial charge in [0.1, 0.15) is 5.75 Å². The Morgan fingerprint density at radius 3 is 2.19 bits per heavy atom. The second-order valence-corrected chi connectivity index (χ2v) is 5.97. The molecule has 4 heteroatoms. The Labute approximate surface area is 152 Å². The smallest absolute Gasteiger partial charge is 0.180 e. The van der Waals surface area contributed by atoms with Crippen molar-refractivity contribution in [2.75, 3.05) is 13.7 Å². The molecule has 2 aromatic carbocycles. The molecule has 0 atom stereocenters. The number of methoxy groups -OCH3 is 1. The summed E-state index contributed by atoms with van der Waals surface area (Å²) in [6.07, 6.45) is 4.01. The van der Waals surface area contributed by atoms with E-state index in [4.69, 9.17) is 14.5 Å². The number of imidazole rings is 1. The van der Waals surface area contributed by atoms with E-state index in [-0.39, 0.29) is 0 Å². The number of hydrogen-bond acceptors (Lipinski definition) is 3. The molecule has 0 radical (unpaired) electrons. The molecule has 0 aliphatic carbocycles. The van der Waals surface area contributed by atoms with Crippen LogP contribution in [0, 0.1) is 0 Å². The molecule has 0 unspecified atom stereocenters. The van der Waals surface area contributed by atoms with Gasteiger partial charge in [0.05, 0.1) is 19.4 Å². The monoisotopic (exact) mass is 344 g/mol. The van der Waals surface area contributed by atoms with Gasteiger partial charge in [0.25, 0.3) is 0 Å². The van der Waals surface area contributed by atoms with Gasteiger partial charge < -0.3 is 13.9 Å². The molecule has 0 saturated heterocycles. The van der Waals surface area contributed by atoms with Crippen LogP contribution in [0.5, 0.6) is 11.5 Å². The van der Waals surface area contributed by atoms with Gasteiger partial charge in [-0.15, -0.1) is 0 Å². The van der Waals surface area contributed by atoms with E-state index >= 15 is 0 Å². The lowest BCUT2D eigenvalue weighted by molar-refractivity contribution is 0.342. The van der Waals surface area contributed by atoms with Gasteiger partial charge in [-0.2, -0.15) is 0 Å². The number of ether oxygens (including phenoxy) is 2. The van der Waals surface area contributed by atoms with Crippen LogP contribution in [0.1, 0.15) is 6.92 Å². The third-order valence-corrected chi connectivity index (χ3v) is 4.35. The second kappa shape index (κ2) is 6.92. The van der Waals surface area contributed by atoms with Crippen LogP contribution < -0.4 is 9.47 Å². The molecule has 0 bridgehead atoms. The summed E-state index contributed by atoms with van der Waals surface area (Å²) >= 11 is 0. The van der Waals surface area contributed by atoms with E-state index in [1.807, 2.05) is 48.0 Å². The summed E-state index contributed by atoms with van der Waals surface area (Å²) < 4.78 is 12.9. The molecule has 0 N–H and O–H groups in total. The van der Waals surface area contributed by atoms with Gasteiger partial charge in [-0.25, -0.2) is 4.98 Å². The van der Waals surface area contributed by atoms with Gasteiger partial charge >= 0.3 is 0 Å². The minimum Gasteiger partial charge on any atom is -0.497 e. The topological polar surface area (TPSA) is 35.8 Å². The Hall–Kier alpha value is -3.27. The first-order valence-corrected chi connectivity index (χ1v) is 8.64. The molecule has 4 rings (SSSR count). The predicted octanol–water partition coefficient (Wildman–Crippen LogP) is 5.08. The second-order valence-electron chi connectivity index (χ2n) is 5.97. The number of hydrogen-bond donors (Lipinski definition) is 0. The Kier molecular flexibility index (Phi) is 4.32. The van der Waals surface area contributed by atoms with E-state index in [1.165, 1.54) is 0 Å². The molecule has 2 heterocycles. The van der Waals surface area contributed by atoms with Gasteiger partial charge in [0, 0.05) is 18.0 Å². The van der Waals surface area contributed by atoms with Crippen molar-refractivity contribution < 1.29 is 9.47 Å². The van der Waals surface area contributed by atoms with Crippen LogP contribution in [-0.4, -0.2) is 23.1 Å². The van der Waals surface area contributed by atoms with Crippen LogP contribution in [0.3, 0.4) is 0 Å². The number of pyridine rings is 1. The zero-order valence-corrected chi connectivity index (χ0v) is 14.8. The highest BCUT2D eigenvalue weighted by Gasteiger charge is 2.09. The largest absolute Gasteiger partial charge is 0.497 e. The van der Waals surface area contributed by atoms with Crippen molar-refractivity contribution in [3.8, 4) is 33.9 Å². The van der Waals surface area contributed by atoms with Gasteiger partial charge in [-0.05, 0) is 42.3 Å². The van der Waals surface area contributed by atoms with Crippen LogP contribution >= 0.6 is 0 Å². The SMILES string of the molecule is CCOc1cccn2cc(-c3ccc(-c4ccc(OC)cc4)cc3)nc12. The van der Waals surface area contributed by atoms with Crippen LogP contribution in [0.15, 0.2) is 73.1 Å². The molecule has 26 heavy (non-hydrogen) atoms. The summed E-state index contributed by atoms with van der Waals surface area (Å²) in [5.41, 5.74) is 5.16. The highest BCUT2D eigenvalue weighted by Crippen LogP contribution is 2.28. The number of aromatic nitrogens is 2. The summed E-state index contributed by atoms with van der Waals surface area (Å²) in [7, 11) is 1.68. The van der Waals surface area contributed by atoms with Gasteiger partial charge in [-0.1, -0.05) is 36.4 Å². The molecular formula is C22H20N2O2. The van der Waals surface area contributed by atoms with Crippen molar-refractivity contribution in [2.45, 2.75) is 6.92 Å². The van der Waals surface area contributed by atoms with E-state index in [0.29, 0.717) is 6.61 Å². The number of fused-ring (bicyclic) bond motifs is 1. The highest BCUT2D eigenvalue weighted by atomic mass is 16.5. The van der Waals surface area contributed by atoms with Crippen molar-refractivity contribution in [1.82, 2.24) is 9.38 Å². The van der Waals surface area contributed by atoms with Gasteiger partial charge in [0.15, 0.2) is 11.4 Å². The van der Waals surface area contributed by atoms with E-state index in [0.717, 1.165) is 39.5 Å². The zero-order chi connectivity index (χ0) is 17.9. The standard InChI is InChI=1S/C22H20N2O2/c1-3-26-21-5-4-14-24-15-20(23-22(21)24)18-8-6-16(7-9-18)17-10-12-19(25-2)13-11-17/h4-15H,3H2,1-2H3. The third-order valence-electron chi connectivity index (χ3n) is 4.35. The Morgan fingerprint density at radius 2 is 1.54 bits per heavy atom. The number of rotatable bonds is 5. The highest BCUT2D eigenvalue weighted by molar-refractivity contribution is 5.71. The molecule has 0 fully saturated rings. The molecule has 4 aromatic rings. The minimum absolute atomic E-state index is 0.623. The van der Waals surface area contributed by atoms with Crippen molar-refractivity contribution >= 4 is 5.65 Å². The average Bonchev–Trinajstić information content (AvgIpc) is 3.14. The molecule has 0 spiro atoms. The summed E-state index contributed by atoms with van der Waals surface area (Å²) in [6.45, 7) is 2.60. The van der Waals surface area contributed by atoms with E-state index < -0.39 is 0 Å². The van der Waals surface area contributed by atoms with E-state index in [9.17, 15) is 0 Å². The number of nitrogens with zero attached hydrogens (tertiary/aromatic N) is 2. The Bertz CT molecular complexity index is 1020. The van der Waals surface area contributed by atoms with Crippen LogP contribution in [0.25, 0.3) is 28.0 Å². The maximum Gasteiger partial charge on any atom is 0.180 e. The summed E-state index contributed by atoms with van der Waals surface area (Å²) in [5, 5.41) is 0. The zero-order valence-electron chi connectivity index (χ0n) is 14.8. The lowest BCUT2D eigenvalue weighted by Crippen LogP contribution is -1.94. The van der Waals surface area contributed by atoms with E-state index in [2.05, 4.69) is 36.4 Å². The fourth-order valence-electron chi connectivity index (χ4n) is 3.01. The van der Waals surface area contributed by atoms with Crippen molar-refractivity contribution in [1.29, 1.82) is 0 Å². The number of benzene rings is 2. The predicted molar refractivity (Wildman–Crippen MR) is 104 cm³/mol. The molecule has 130 valence electrons. The third kappa shape index (κ3) is 3.02. The summed E-state index contributed by atoms with van der Waals surface area (Å²) in [5.74, 6) is 1.66. The maximum absolute atomic E-state index is 5.67. The minimum atomic E-state index is 0.623. The molecule has 2 aromatic heterocycles. The molecule has 0 aliphatic heterocycles. The van der Waals surface area contributed by atoms with Crippen LogP contribution in [-0.2, 0) is 0 Å². The Morgan fingerprint density at radius 1 is 0.885 bits per heavy atom.